The van der Waals surface area contributed by atoms with E-state index >= 15 is 0 Å². The molecular weight excluding hydrogens is 468 g/mol. The number of aromatic nitrogens is 3. The van der Waals surface area contributed by atoms with E-state index in [1.807, 2.05) is 12.1 Å². The second-order valence-corrected chi connectivity index (χ2v) is 10.0. The van der Waals surface area contributed by atoms with Crippen LogP contribution in [0.1, 0.15) is 29.8 Å². The summed E-state index contributed by atoms with van der Waals surface area (Å²) in [6.07, 6.45) is 3.11. The summed E-state index contributed by atoms with van der Waals surface area (Å²) < 4.78 is 34.8. The molecule has 1 amide bonds. The van der Waals surface area contributed by atoms with Crippen molar-refractivity contribution in [1.29, 1.82) is 0 Å². The lowest BCUT2D eigenvalue weighted by atomic mass is 10.1. The Hall–Kier alpha value is -3.28. The summed E-state index contributed by atoms with van der Waals surface area (Å²) in [6, 6.07) is 12.1. The van der Waals surface area contributed by atoms with Crippen molar-refractivity contribution in [3.05, 3.63) is 66.2 Å². The number of morpholine rings is 1. The van der Waals surface area contributed by atoms with E-state index in [1.165, 1.54) is 10.6 Å². The van der Waals surface area contributed by atoms with Gasteiger partial charge in [-0.05, 0) is 35.9 Å². The summed E-state index contributed by atoms with van der Waals surface area (Å²) >= 11 is 0. The highest BCUT2D eigenvalue weighted by atomic mass is 32.2. The predicted molar refractivity (Wildman–Crippen MR) is 133 cm³/mol. The summed E-state index contributed by atoms with van der Waals surface area (Å²) in [4.78, 5) is 19.3. The Labute approximate surface area is 205 Å². The van der Waals surface area contributed by atoms with Gasteiger partial charge >= 0.3 is 0 Å². The number of rotatable bonds is 9. The molecule has 10 nitrogen and oxygen atoms in total. The fraction of sp³-hybridized carbons (Fsp3) is 0.375. The molecule has 186 valence electrons. The standard InChI is InChI=1S/C24H30N6O4S/c1-3-30(4-2)35(32,33)21-9-10-23(28-11-13-34-14-12-28)22(15-21)27-24(31)20-7-5-19(6-8-20)16-29-18-25-17-26-29/h5-10,15,17-18H,3-4,11-14,16H2,1-2H3,(H,27,31). The highest BCUT2D eigenvalue weighted by molar-refractivity contribution is 7.89. The van der Waals surface area contributed by atoms with E-state index < -0.39 is 10.0 Å². The molecule has 4 rings (SSSR count). The minimum atomic E-state index is -3.68. The van der Waals surface area contributed by atoms with Crippen LogP contribution in [0, 0.1) is 0 Å². The van der Waals surface area contributed by atoms with E-state index in [0.717, 1.165) is 11.3 Å². The monoisotopic (exact) mass is 498 g/mol. The van der Waals surface area contributed by atoms with Crippen LogP contribution in [0.5, 0.6) is 0 Å². The van der Waals surface area contributed by atoms with Crippen molar-refractivity contribution in [3.8, 4) is 0 Å². The Kier molecular flexibility index (Phi) is 7.79. The summed E-state index contributed by atoms with van der Waals surface area (Å²) in [5.74, 6) is -0.316. The first-order chi connectivity index (χ1) is 16.9. The smallest absolute Gasteiger partial charge is 0.255 e. The van der Waals surface area contributed by atoms with Crippen molar-refractivity contribution >= 4 is 27.3 Å². The number of carbonyl (C=O) groups is 1. The minimum Gasteiger partial charge on any atom is -0.378 e. The first-order valence-corrected chi connectivity index (χ1v) is 13.1. The lowest BCUT2D eigenvalue weighted by Gasteiger charge is -2.31. The number of hydrogen-bond donors (Lipinski definition) is 1. The average molecular weight is 499 g/mol. The first-order valence-electron chi connectivity index (χ1n) is 11.6. The van der Waals surface area contributed by atoms with E-state index in [0.29, 0.717) is 57.2 Å². The third-order valence-corrected chi connectivity index (χ3v) is 7.98. The largest absolute Gasteiger partial charge is 0.378 e. The molecule has 0 atom stereocenters. The van der Waals surface area contributed by atoms with Gasteiger partial charge < -0.3 is 15.0 Å². The van der Waals surface area contributed by atoms with Gasteiger partial charge in [0.25, 0.3) is 5.91 Å². The number of benzene rings is 2. The van der Waals surface area contributed by atoms with E-state index in [1.54, 1.807) is 55.2 Å². The molecule has 35 heavy (non-hydrogen) atoms. The van der Waals surface area contributed by atoms with Gasteiger partial charge in [-0.15, -0.1) is 0 Å². The van der Waals surface area contributed by atoms with Crippen LogP contribution in [-0.4, -0.2) is 72.8 Å². The molecule has 3 aromatic rings. The maximum absolute atomic E-state index is 13.1. The number of amides is 1. The van der Waals surface area contributed by atoms with Gasteiger partial charge in [0.05, 0.1) is 36.0 Å². The lowest BCUT2D eigenvalue weighted by molar-refractivity contribution is 0.102. The zero-order valence-electron chi connectivity index (χ0n) is 19.9. The molecule has 1 aliphatic rings. The molecule has 1 N–H and O–H groups in total. The maximum atomic E-state index is 13.1. The van der Waals surface area contributed by atoms with Gasteiger partial charge in [-0.1, -0.05) is 26.0 Å². The van der Waals surface area contributed by atoms with Gasteiger partial charge in [0.1, 0.15) is 12.7 Å². The highest BCUT2D eigenvalue weighted by Gasteiger charge is 2.25. The van der Waals surface area contributed by atoms with Crippen LogP contribution in [0.15, 0.2) is 60.0 Å². The van der Waals surface area contributed by atoms with Gasteiger partial charge in [0.15, 0.2) is 0 Å². The third kappa shape index (κ3) is 5.69. The van der Waals surface area contributed by atoms with Gasteiger partial charge in [-0.25, -0.2) is 18.1 Å². The Morgan fingerprint density at radius 1 is 1.09 bits per heavy atom. The fourth-order valence-corrected chi connectivity index (χ4v) is 5.51. The Balaban J connectivity index is 1.61. The molecule has 1 fully saturated rings. The number of hydrogen-bond acceptors (Lipinski definition) is 7. The van der Waals surface area contributed by atoms with Crippen LogP contribution >= 0.6 is 0 Å². The SMILES string of the molecule is CCN(CC)S(=O)(=O)c1ccc(N2CCOCC2)c(NC(=O)c2ccc(Cn3cncn3)cc2)c1. The van der Waals surface area contributed by atoms with Crippen molar-refractivity contribution < 1.29 is 17.9 Å². The second kappa shape index (κ2) is 11.0. The molecule has 0 unspecified atom stereocenters. The molecular formula is C24H30N6O4S. The summed E-state index contributed by atoms with van der Waals surface area (Å²) in [7, 11) is -3.68. The van der Waals surface area contributed by atoms with E-state index in [9.17, 15) is 13.2 Å². The molecule has 11 heteroatoms. The lowest BCUT2D eigenvalue weighted by Crippen LogP contribution is -2.37. The van der Waals surface area contributed by atoms with Crippen LogP contribution in [0.2, 0.25) is 0 Å². The van der Waals surface area contributed by atoms with Crippen molar-refractivity contribution in [2.24, 2.45) is 0 Å². The van der Waals surface area contributed by atoms with Crippen molar-refractivity contribution in [1.82, 2.24) is 19.1 Å². The molecule has 1 aromatic heterocycles. The van der Waals surface area contributed by atoms with Crippen LogP contribution in [-0.2, 0) is 21.3 Å². The van der Waals surface area contributed by atoms with Gasteiger partial charge in [0.2, 0.25) is 10.0 Å². The number of ether oxygens (including phenoxy) is 1. The molecule has 1 aliphatic heterocycles. The van der Waals surface area contributed by atoms with Crippen LogP contribution in [0.25, 0.3) is 0 Å². The summed E-state index contributed by atoms with van der Waals surface area (Å²) in [5.41, 5.74) is 2.67. The molecule has 2 heterocycles. The second-order valence-electron chi connectivity index (χ2n) is 8.11. The van der Waals surface area contributed by atoms with Gasteiger partial charge in [0, 0.05) is 31.7 Å². The van der Waals surface area contributed by atoms with E-state index in [2.05, 4.69) is 20.3 Å². The maximum Gasteiger partial charge on any atom is 0.255 e. The molecule has 0 aliphatic carbocycles. The Morgan fingerprint density at radius 3 is 2.43 bits per heavy atom. The molecule has 0 spiro atoms. The first kappa shape index (κ1) is 24.8. The molecule has 0 bridgehead atoms. The normalized spacial score (nSPS) is 14.3. The van der Waals surface area contributed by atoms with Crippen molar-refractivity contribution in [3.63, 3.8) is 0 Å². The average Bonchev–Trinajstić information content (AvgIpc) is 3.38. The number of nitrogens with one attached hydrogen (secondary N) is 1. The quantitative estimate of drug-likeness (QED) is 0.483. The van der Waals surface area contributed by atoms with Crippen molar-refractivity contribution in [2.45, 2.75) is 25.3 Å². The predicted octanol–water partition coefficient (Wildman–Crippen LogP) is 2.45. The number of nitrogens with zero attached hydrogens (tertiary/aromatic N) is 5. The topological polar surface area (TPSA) is 110 Å². The number of carbonyl (C=O) groups excluding carboxylic acids is 1. The van der Waals surface area contributed by atoms with Gasteiger partial charge in [-0.3, -0.25) is 4.79 Å². The summed E-state index contributed by atoms with van der Waals surface area (Å²) in [5, 5.41) is 7.04. The molecule has 0 radical (unpaired) electrons. The fourth-order valence-electron chi connectivity index (χ4n) is 4.03. The van der Waals surface area contributed by atoms with E-state index in [4.69, 9.17) is 4.74 Å². The molecule has 0 saturated carbocycles. The molecule has 2 aromatic carbocycles. The van der Waals surface area contributed by atoms with Crippen LogP contribution in [0.3, 0.4) is 0 Å². The Morgan fingerprint density at radius 2 is 1.80 bits per heavy atom. The molecule has 1 saturated heterocycles. The van der Waals surface area contributed by atoms with Crippen LogP contribution in [0.4, 0.5) is 11.4 Å². The minimum absolute atomic E-state index is 0.150. The third-order valence-electron chi connectivity index (χ3n) is 5.94. The summed E-state index contributed by atoms with van der Waals surface area (Å²) in [6.45, 7) is 7.34. The zero-order valence-corrected chi connectivity index (χ0v) is 20.7. The highest BCUT2D eigenvalue weighted by Crippen LogP contribution is 2.31. The number of anilines is 2. The Bertz CT molecular complexity index is 1240. The van der Waals surface area contributed by atoms with Crippen molar-refractivity contribution in [2.75, 3.05) is 49.6 Å². The zero-order chi connectivity index (χ0) is 24.8. The number of sulfonamides is 1. The van der Waals surface area contributed by atoms with Crippen LogP contribution < -0.4 is 10.2 Å². The van der Waals surface area contributed by atoms with Gasteiger partial charge in [-0.2, -0.15) is 9.40 Å². The van der Waals surface area contributed by atoms with E-state index in [-0.39, 0.29) is 10.8 Å².